The van der Waals surface area contributed by atoms with Crippen molar-refractivity contribution >= 4 is 0 Å². The van der Waals surface area contributed by atoms with Crippen molar-refractivity contribution in [2.75, 3.05) is 26.4 Å². The molecule has 0 aliphatic heterocycles. The maximum Gasteiger partial charge on any atom is 0.0673 e. The van der Waals surface area contributed by atoms with Crippen LogP contribution in [0.4, 0.5) is 0 Å². The first kappa shape index (κ1) is 23.8. The minimum Gasteiger partial charge on any atom is -0.379 e. The van der Waals surface area contributed by atoms with Gasteiger partial charge in [-0.15, -0.1) is 0 Å². The minimum absolute atomic E-state index is 0.0696. The largest absolute Gasteiger partial charge is 0.379 e. The molecule has 0 aliphatic rings. The van der Waals surface area contributed by atoms with Crippen molar-refractivity contribution in [3.63, 3.8) is 0 Å². The monoisotopic (exact) mass is 346 g/mol. The summed E-state index contributed by atoms with van der Waals surface area (Å²) >= 11 is 0. The summed E-state index contributed by atoms with van der Waals surface area (Å²) in [6.45, 7) is 19.2. The van der Waals surface area contributed by atoms with Crippen LogP contribution in [0.1, 0.15) is 61.8 Å². The van der Waals surface area contributed by atoms with Gasteiger partial charge >= 0.3 is 0 Å². The van der Waals surface area contributed by atoms with E-state index in [2.05, 4.69) is 34.6 Å². The summed E-state index contributed by atoms with van der Waals surface area (Å²) in [5.74, 6) is 0.616. The fourth-order valence-corrected chi connectivity index (χ4v) is 1.87. The van der Waals surface area contributed by atoms with Gasteiger partial charge in [0.05, 0.1) is 31.5 Å². The fourth-order valence-electron chi connectivity index (χ4n) is 1.87. The molecule has 0 saturated carbocycles. The molecule has 0 heterocycles. The van der Waals surface area contributed by atoms with E-state index in [-0.39, 0.29) is 23.3 Å². The topological polar surface area (TPSA) is 79.7 Å². The maximum atomic E-state index is 6.09. The van der Waals surface area contributed by atoms with Crippen LogP contribution in [0, 0.1) is 11.8 Å². The Morgan fingerprint density at radius 2 is 1.46 bits per heavy atom. The van der Waals surface area contributed by atoms with E-state index in [0.717, 1.165) is 6.42 Å². The van der Waals surface area contributed by atoms with Crippen LogP contribution in [0.5, 0.6) is 0 Å². The Morgan fingerprint density at radius 3 is 1.96 bits per heavy atom. The minimum atomic E-state index is -0.232. The molecule has 4 atom stereocenters. The molecule has 4 unspecified atom stereocenters. The highest BCUT2D eigenvalue weighted by Gasteiger charge is 2.27. The summed E-state index contributed by atoms with van der Waals surface area (Å²) in [7, 11) is 0. The first-order chi connectivity index (χ1) is 10.9. The SMILES string of the molecule is CC(N)COCC(C)C(C)(C)OCCC(C)OCC(C)C(C)(C)N. The van der Waals surface area contributed by atoms with E-state index in [1.807, 2.05) is 20.8 Å². The molecule has 0 aromatic rings. The normalized spacial score (nSPS) is 18.2. The Kier molecular flexibility index (Phi) is 10.6. The van der Waals surface area contributed by atoms with E-state index in [1.54, 1.807) is 0 Å². The third-order valence-electron chi connectivity index (χ3n) is 4.83. The third kappa shape index (κ3) is 10.6. The molecule has 0 radical (unpaired) electrons. The van der Waals surface area contributed by atoms with Crippen LogP contribution in [-0.4, -0.2) is 49.7 Å². The fraction of sp³-hybridized carbons (Fsp3) is 1.00. The standard InChI is InChI=1S/C19H42N2O3/c1-14(18(5,6)21)12-23-17(4)9-10-24-19(7,8)15(2)11-22-13-16(3)20/h14-17H,9-13,20-21H2,1-8H3. The van der Waals surface area contributed by atoms with Crippen molar-refractivity contribution in [1.82, 2.24) is 0 Å². The molecular weight excluding hydrogens is 304 g/mol. The van der Waals surface area contributed by atoms with Gasteiger partial charge in [-0.25, -0.2) is 0 Å². The van der Waals surface area contributed by atoms with Gasteiger partial charge in [-0.05, 0) is 53.9 Å². The van der Waals surface area contributed by atoms with Gasteiger partial charge in [0.15, 0.2) is 0 Å². The first-order valence-corrected chi connectivity index (χ1v) is 9.24. The average Bonchev–Trinajstić information content (AvgIpc) is 2.42. The van der Waals surface area contributed by atoms with Gasteiger partial charge in [-0.1, -0.05) is 13.8 Å². The molecule has 5 heteroatoms. The van der Waals surface area contributed by atoms with Crippen LogP contribution in [0.15, 0.2) is 0 Å². The van der Waals surface area contributed by atoms with Crippen molar-refractivity contribution in [2.45, 2.75) is 85.1 Å². The van der Waals surface area contributed by atoms with Gasteiger partial charge in [0.1, 0.15) is 0 Å². The Hall–Kier alpha value is -0.200. The molecule has 0 aromatic carbocycles. The molecule has 0 spiro atoms. The number of ether oxygens (including phenoxy) is 3. The van der Waals surface area contributed by atoms with E-state index in [9.17, 15) is 0 Å². The number of hydrogen-bond acceptors (Lipinski definition) is 5. The van der Waals surface area contributed by atoms with Gasteiger partial charge in [0.25, 0.3) is 0 Å². The van der Waals surface area contributed by atoms with Crippen LogP contribution in [0.2, 0.25) is 0 Å². The van der Waals surface area contributed by atoms with Crippen LogP contribution >= 0.6 is 0 Å². The molecule has 0 aromatic heterocycles. The summed E-state index contributed by atoms with van der Waals surface area (Å²) < 4.78 is 17.6. The molecule has 0 rings (SSSR count). The lowest BCUT2D eigenvalue weighted by Crippen LogP contribution is -2.42. The highest BCUT2D eigenvalue weighted by Crippen LogP contribution is 2.22. The Labute approximate surface area is 149 Å². The number of rotatable bonds is 13. The first-order valence-electron chi connectivity index (χ1n) is 9.24. The second-order valence-corrected chi connectivity index (χ2v) is 8.52. The van der Waals surface area contributed by atoms with Crippen LogP contribution in [0.25, 0.3) is 0 Å². The van der Waals surface area contributed by atoms with Crippen LogP contribution < -0.4 is 11.5 Å². The Balaban J connectivity index is 4.01. The van der Waals surface area contributed by atoms with Crippen molar-refractivity contribution < 1.29 is 14.2 Å². The maximum absolute atomic E-state index is 6.09. The van der Waals surface area contributed by atoms with Crippen molar-refractivity contribution in [3.8, 4) is 0 Å². The molecule has 0 amide bonds. The molecule has 0 bridgehead atoms. The molecule has 0 aliphatic carbocycles. The van der Waals surface area contributed by atoms with Gasteiger partial charge in [-0.2, -0.15) is 0 Å². The van der Waals surface area contributed by atoms with Crippen LogP contribution in [-0.2, 0) is 14.2 Å². The second-order valence-electron chi connectivity index (χ2n) is 8.52. The lowest BCUT2D eigenvalue weighted by Gasteiger charge is -2.33. The Morgan fingerprint density at radius 1 is 0.875 bits per heavy atom. The highest BCUT2D eigenvalue weighted by atomic mass is 16.5. The van der Waals surface area contributed by atoms with Gasteiger partial charge < -0.3 is 25.7 Å². The average molecular weight is 347 g/mol. The number of nitrogens with two attached hydrogens (primary N) is 2. The third-order valence-corrected chi connectivity index (χ3v) is 4.83. The Bertz CT molecular complexity index is 327. The quantitative estimate of drug-likeness (QED) is 0.536. The highest BCUT2D eigenvalue weighted by molar-refractivity contribution is 4.79. The summed E-state index contributed by atoms with van der Waals surface area (Å²) in [4.78, 5) is 0. The molecule has 24 heavy (non-hydrogen) atoms. The van der Waals surface area contributed by atoms with Crippen molar-refractivity contribution in [1.29, 1.82) is 0 Å². The van der Waals surface area contributed by atoms with E-state index in [4.69, 9.17) is 25.7 Å². The van der Waals surface area contributed by atoms with E-state index in [1.165, 1.54) is 0 Å². The second kappa shape index (κ2) is 10.7. The predicted molar refractivity (Wildman–Crippen MR) is 101 cm³/mol. The van der Waals surface area contributed by atoms with Crippen LogP contribution in [0.3, 0.4) is 0 Å². The van der Waals surface area contributed by atoms with Gasteiger partial charge in [-0.3, -0.25) is 0 Å². The van der Waals surface area contributed by atoms with Crippen molar-refractivity contribution in [3.05, 3.63) is 0 Å². The molecule has 4 N–H and O–H groups in total. The zero-order chi connectivity index (χ0) is 19.0. The summed E-state index contributed by atoms with van der Waals surface area (Å²) in [5.41, 5.74) is 11.3. The lowest BCUT2D eigenvalue weighted by molar-refractivity contribution is -0.0895. The summed E-state index contributed by atoms with van der Waals surface area (Å²) in [5, 5.41) is 0. The zero-order valence-corrected chi connectivity index (χ0v) is 17.2. The predicted octanol–water partition coefficient (Wildman–Crippen LogP) is 2.95. The summed E-state index contributed by atoms with van der Waals surface area (Å²) in [6.07, 6.45) is 1.03. The lowest BCUT2D eigenvalue weighted by atomic mass is 9.91. The van der Waals surface area contributed by atoms with Gasteiger partial charge in [0.2, 0.25) is 0 Å². The smallest absolute Gasteiger partial charge is 0.0673 e. The van der Waals surface area contributed by atoms with E-state index in [0.29, 0.717) is 38.3 Å². The zero-order valence-electron chi connectivity index (χ0n) is 17.2. The van der Waals surface area contributed by atoms with E-state index < -0.39 is 0 Å². The molecule has 0 saturated heterocycles. The van der Waals surface area contributed by atoms with E-state index >= 15 is 0 Å². The molecule has 0 fully saturated rings. The van der Waals surface area contributed by atoms with Gasteiger partial charge in [0, 0.05) is 24.1 Å². The molecule has 146 valence electrons. The summed E-state index contributed by atoms with van der Waals surface area (Å²) in [6, 6.07) is 0.0696. The molecule has 5 nitrogen and oxygen atoms in total. The van der Waals surface area contributed by atoms with Crippen molar-refractivity contribution in [2.24, 2.45) is 23.3 Å². The molecular formula is C19H42N2O3. The number of hydrogen-bond donors (Lipinski definition) is 2.